The number of terminal acetylenes is 1. The van der Waals surface area contributed by atoms with E-state index in [1.807, 2.05) is 49.4 Å². The van der Waals surface area contributed by atoms with E-state index < -0.39 is 0 Å². The first-order chi connectivity index (χ1) is 11.1. The van der Waals surface area contributed by atoms with Crippen molar-refractivity contribution in [1.29, 1.82) is 0 Å². The summed E-state index contributed by atoms with van der Waals surface area (Å²) in [5.41, 5.74) is 2.97. The van der Waals surface area contributed by atoms with Gasteiger partial charge in [0.25, 0.3) is 5.91 Å². The van der Waals surface area contributed by atoms with Gasteiger partial charge in [0.15, 0.2) is 0 Å². The Morgan fingerprint density at radius 3 is 2.70 bits per heavy atom. The molecule has 2 aromatic carbocycles. The third-order valence-electron chi connectivity index (χ3n) is 3.38. The van der Waals surface area contributed by atoms with E-state index in [0.717, 1.165) is 32.4 Å². The van der Waals surface area contributed by atoms with E-state index in [-0.39, 0.29) is 12.5 Å². The van der Waals surface area contributed by atoms with Gasteiger partial charge >= 0.3 is 0 Å². The van der Waals surface area contributed by atoms with Crippen LogP contribution >= 0.6 is 22.6 Å². The van der Waals surface area contributed by atoms with Crippen LogP contribution in [0.3, 0.4) is 0 Å². The van der Waals surface area contributed by atoms with Crippen molar-refractivity contribution in [3.05, 3.63) is 62.7 Å². The quantitative estimate of drug-likeness (QED) is 0.574. The topological polar surface area (TPSA) is 38.3 Å². The fourth-order valence-corrected chi connectivity index (χ4v) is 2.72. The lowest BCUT2D eigenvalue weighted by molar-refractivity contribution is 0.0953. The molecule has 0 bridgehead atoms. The van der Waals surface area contributed by atoms with Crippen LogP contribution in [0.15, 0.2) is 42.5 Å². The molecule has 1 N–H and O–H groups in total. The van der Waals surface area contributed by atoms with Crippen molar-refractivity contribution in [2.24, 2.45) is 0 Å². The molecule has 0 saturated heterocycles. The lowest BCUT2D eigenvalue weighted by Crippen LogP contribution is -2.26. The van der Waals surface area contributed by atoms with E-state index in [9.17, 15) is 4.79 Å². The molecule has 2 rings (SSSR count). The summed E-state index contributed by atoms with van der Waals surface area (Å²) < 4.78 is 6.33. The van der Waals surface area contributed by atoms with Crippen molar-refractivity contribution in [2.45, 2.75) is 13.3 Å². The van der Waals surface area contributed by atoms with Gasteiger partial charge in [-0.05, 0) is 65.3 Å². The van der Waals surface area contributed by atoms with Gasteiger partial charge in [-0.25, -0.2) is 0 Å². The second-order valence-corrected chi connectivity index (χ2v) is 6.16. The highest BCUT2D eigenvalue weighted by Gasteiger charge is 2.10. The van der Waals surface area contributed by atoms with Gasteiger partial charge in [0.2, 0.25) is 0 Å². The van der Waals surface area contributed by atoms with E-state index in [0.29, 0.717) is 6.54 Å². The third kappa shape index (κ3) is 5.00. The number of carbonyl (C=O) groups is 1. The summed E-state index contributed by atoms with van der Waals surface area (Å²) in [6, 6.07) is 13.5. The highest BCUT2D eigenvalue weighted by Crippen LogP contribution is 2.16. The largest absolute Gasteiger partial charge is 0.481 e. The van der Waals surface area contributed by atoms with Crippen molar-refractivity contribution in [2.75, 3.05) is 13.2 Å². The zero-order chi connectivity index (χ0) is 16.7. The summed E-state index contributed by atoms with van der Waals surface area (Å²) >= 11 is 2.21. The number of hydrogen-bond acceptors (Lipinski definition) is 2. The zero-order valence-electron chi connectivity index (χ0n) is 12.9. The van der Waals surface area contributed by atoms with Gasteiger partial charge in [-0.3, -0.25) is 4.79 Å². The van der Waals surface area contributed by atoms with Crippen molar-refractivity contribution in [1.82, 2.24) is 5.32 Å². The van der Waals surface area contributed by atoms with E-state index in [1.165, 1.54) is 0 Å². The smallest absolute Gasteiger partial charge is 0.252 e. The average molecular weight is 419 g/mol. The van der Waals surface area contributed by atoms with Crippen molar-refractivity contribution in [3.63, 3.8) is 0 Å². The maximum absolute atomic E-state index is 12.2. The molecular formula is C19H18INO2. The fourth-order valence-electron chi connectivity index (χ4n) is 2.12. The summed E-state index contributed by atoms with van der Waals surface area (Å²) in [5, 5.41) is 2.96. The molecule has 0 fully saturated rings. The highest BCUT2D eigenvalue weighted by molar-refractivity contribution is 14.1. The molecule has 0 atom stereocenters. The van der Waals surface area contributed by atoms with Crippen LogP contribution < -0.4 is 10.1 Å². The number of rotatable bonds is 6. The van der Waals surface area contributed by atoms with Crippen molar-refractivity contribution < 1.29 is 9.53 Å². The monoisotopic (exact) mass is 419 g/mol. The van der Waals surface area contributed by atoms with Crippen LogP contribution in [0.2, 0.25) is 0 Å². The molecule has 4 heteroatoms. The summed E-state index contributed by atoms with van der Waals surface area (Å²) in [6.07, 6.45) is 5.92. The highest BCUT2D eigenvalue weighted by atomic mass is 127. The molecule has 23 heavy (non-hydrogen) atoms. The first-order valence-corrected chi connectivity index (χ1v) is 8.38. The van der Waals surface area contributed by atoms with E-state index in [4.69, 9.17) is 11.2 Å². The number of amides is 1. The van der Waals surface area contributed by atoms with Crippen LogP contribution in [0, 0.1) is 22.8 Å². The second-order valence-electron chi connectivity index (χ2n) is 5.08. The summed E-state index contributed by atoms with van der Waals surface area (Å²) in [7, 11) is 0. The van der Waals surface area contributed by atoms with Crippen LogP contribution in [0.4, 0.5) is 0 Å². The van der Waals surface area contributed by atoms with E-state index in [1.54, 1.807) is 0 Å². The predicted molar refractivity (Wildman–Crippen MR) is 101 cm³/mol. The second kappa shape index (κ2) is 8.59. The number of nitrogens with one attached hydrogen (secondary N) is 1. The molecule has 0 aliphatic rings. The lowest BCUT2D eigenvalue weighted by atomic mass is 10.1. The Hall–Kier alpha value is -2.00. The predicted octanol–water partition coefficient (Wildman–Crippen LogP) is 3.58. The van der Waals surface area contributed by atoms with Gasteiger partial charge < -0.3 is 10.1 Å². The van der Waals surface area contributed by atoms with Crippen LogP contribution in [-0.4, -0.2) is 19.1 Å². The van der Waals surface area contributed by atoms with Crippen LogP contribution in [0.5, 0.6) is 5.75 Å². The van der Waals surface area contributed by atoms with Gasteiger partial charge in [0.05, 0.1) is 5.56 Å². The molecular weight excluding hydrogens is 401 g/mol. The summed E-state index contributed by atoms with van der Waals surface area (Å²) in [4.78, 5) is 12.2. The molecule has 0 heterocycles. The van der Waals surface area contributed by atoms with Gasteiger partial charge in [-0.2, -0.15) is 0 Å². The van der Waals surface area contributed by atoms with Crippen molar-refractivity contribution in [3.8, 4) is 18.1 Å². The Labute approximate surface area is 150 Å². The Bertz CT molecular complexity index is 717. The van der Waals surface area contributed by atoms with Gasteiger partial charge in [-0.15, -0.1) is 6.42 Å². The lowest BCUT2D eigenvalue weighted by Gasteiger charge is -2.09. The number of aryl methyl sites for hydroxylation is 1. The number of hydrogen-bond donors (Lipinski definition) is 1. The molecule has 0 aliphatic heterocycles. The Morgan fingerprint density at radius 2 is 2.00 bits per heavy atom. The third-order valence-corrected chi connectivity index (χ3v) is 4.81. The first kappa shape index (κ1) is 17.4. The first-order valence-electron chi connectivity index (χ1n) is 7.30. The van der Waals surface area contributed by atoms with Gasteiger partial charge in [0, 0.05) is 10.1 Å². The minimum atomic E-state index is -0.0351. The van der Waals surface area contributed by atoms with Crippen LogP contribution in [-0.2, 0) is 6.42 Å². The molecule has 0 aliphatic carbocycles. The van der Waals surface area contributed by atoms with Crippen LogP contribution in [0.1, 0.15) is 21.5 Å². The average Bonchev–Trinajstić information content (AvgIpc) is 2.56. The molecule has 0 spiro atoms. The summed E-state index contributed by atoms with van der Waals surface area (Å²) in [5.74, 6) is 3.15. The molecule has 0 aromatic heterocycles. The number of ether oxygens (including phenoxy) is 1. The maximum Gasteiger partial charge on any atom is 0.252 e. The SMILES string of the molecule is C#CCOc1ccc(CCNC(=O)c2cccc(C)c2I)cc1. The van der Waals surface area contributed by atoms with E-state index in [2.05, 4.69) is 33.8 Å². The van der Waals surface area contributed by atoms with E-state index >= 15 is 0 Å². The zero-order valence-corrected chi connectivity index (χ0v) is 15.1. The molecule has 1 amide bonds. The molecule has 118 valence electrons. The minimum absolute atomic E-state index is 0.0351. The number of benzene rings is 2. The molecule has 2 aromatic rings. The maximum atomic E-state index is 12.2. The molecule has 0 saturated carbocycles. The fraction of sp³-hybridized carbons (Fsp3) is 0.211. The Kier molecular flexibility index (Phi) is 6.48. The normalized spacial score (nSPS) is 9.96. The number of halogens is 1. The minimum Gasteiger partial charge on any atom is -0.481 e. The number of carbonyl (C=O) groups excluding carboxylic acids is 1. The van der Waals surface area contributed by atoms with Gasteiger partial charge in [-0.1, -0.05) is 30.2 Å². The molecule has 0 radical (unpaired) electrons. The Morgan fingerprint density at radius 1 is 1.26 bits per heavy atom. The molecule has 3 nitrogen and oxygen atoms in total. The Balaban J connectivity index is 1.86. The van der Waals surface area contributed by atoms with Gasteiger partial charge in [0.1, 0.15) is 12.4 Å². The van der Waals surface area contributed by atoms with Crippen molar-refractivity contribution >= 4 is 28.5 Å². The summed E-state index contributed by atoms with van der Waals surface area (Å²) in [6.45, 7) is 2.86. The molecule has 0 unspecified atom stereocenters. The van der Waals surface area contributed by atoms with Crippen LogP contribution in [0.25, 0.3) is 0 Å². The standard InChI is InChI=1S/C19H18INO2/c1-3-13-23-16-9-7-15(8-10-16)11-12-21-19(22)17-6-4-5-14(2)18(17)20/h1,4-10H,11-13H2,2H3,(H,21,22).